The number of hydrogen-bond donors (Lipinski definition) is 1. The van der Waals surface area contributed by atoms with Gasteiger partial charge >= 0.3 is 0 Å². The van der Waals surface area contributed by atoms with Crippen LogP contribution < -0.4 is 19.9 Å². The zero-order valence-corrected chi connectivity index (χ0v) is 15.3. The number of methoxy groups -OCH3 is 1. The molecule has 0 aromatic heterocycles. The smallest absolute Gasteiger partial charge is 0.270 e. The molecule has 1 N–H and O–H groups in total. The summed E-state index contributed by atoms with van der Waals surface area (Å²) in [6.07, 6.45) is -0.488. The Labute approximate surface area is 161 Å². The van der Waals surface area contributed by atoms with E-state index >= 15 is 0 Å². The highest BCUT2D eigenvalue weighted by molar-refractivity contribution is 5.95. The van der Waals surface area contributed by atoms with Crippen molar-refractivity contribution in [2.45, 2.75) is 19.4 Å². The summed E-state index contributed by atoms with van der Waals surface area (Å²) in [5.74, 6) is -1.15. The molecule has 0 saturated heterocycles. The summed E-state index contributed by atoms with van der Waals surface area (Å²) in [6, 6.07) is 9.00. The van der Waals surface area contributed by atoms with Gasteiger partial charge in [0.1, 0.15) is 0 Å². The number of aliphatic carboxylic acids is 1. The van der Waals surface area contributed by atoms with Gasteiger partial charge in [-0.25, -0.2) is 0 Å². The number of nitrogens with one attached hydrogen (secondary N) is 1. The van der Waals surface area contributed by atoms with Gasteiger partial charge in [-0.1, -0.05) is 12.1 Å². The van der Waals surface area contributed by atoms with Crippen LogP contribution in [0.3, 0.4) is 0 Å². The van der Waals surface area contributed by atoms with Crippen molar-refractivity contribution in [3.05, 3.63) is 63.7 Å². The van der Waals surface area contributed by atoms with E-state index < -0.39 is 29.3 Å². The van der Waals surface area contributed by atoms with Gasteiger partial charge in [0.15, 0.2) is 11.5 Å². The summed E-state index contributed by atoms with van der Waals surface area (Å²) in [5.41, 5.74) is 0.255. The van der Waals surface area contributed by atoms with E-state index in [1.807, 2.05) is 6.92 Å². The summed E-state index contributed by atoms with van der Waals surface area (Å²) < 4.78 is 10.7. The molecule has 9 nitrogen and oxygen atoms in total. The largest absolute Gasteiger partial charge is 0.550 e. The molecule has 2 aromatic carbocycles. The van der Waals surface area contributed by atoms with Crippen molar-refractivity contribution in [1.82, 2.24) is 5.32 Å². The number of amides is 1. The van der Waals surface area contributed by atoms with E-state index in [9.17, 15) is 24.8 Å². The number of carboxylic acids is 1. The summed E-state index contributed by atoms with van der Waals surface area (Å²) >= 11 is 0. The first-order valence-electron chi connectivity index (χ1n) is 8.41. The number of ether oxygens (including phenoxy) is 2. The highest BCUT2D eigenvalue weighted by Gasteiger charge is 2.19. The minimum Gasteiger partial charge on any atom is -0.550 e. The van der Waals surface area contributed by atoms with Gasteiger partial charge in [0, 0.05) is 30.1 Å². The van der Waals surface area contributed by atoms with E-state index in [2.05, 4.69) is 5.32 Å². The number of rotatable bonds is 9. The molecule has 0 fully saturated rings. The fraction of sp³-hybridized carbons (Fsp3) is 0.263. The third kappa shape index (κ3) is 5.19. The summed E-state index contributed by atoms with van der Waals surface area (Å²) in [7, 11) is 1.44. The zero-order valence-electron chi connectivity index (χ0n) is 15.3. The highest BCUT2D eigenvalue weighted by atomic mass is 16.6. The van der Waals surface area contributed by atoms with Crippen LogP contribution >= 0.6 is 0 Å². The van der Waals surface area contributed by atoms with Crippen molar-refractivity contribution in [2.24, 2.45) is 0 Å². The number of nitrogens with zero attached hydrogens (tertiary/aromatic N) is 1. The maximum absolute atomic E-state index is 12.5. The van der Waals surface area contributed by atoms with Crippen LogP contribution in [0.2, 0.25) is 0 Å². The van der Waals surface area contributed by atoms with Crippen molar-refractivity contribution in [2.75, 3.05) is 13.7 Å². The lowest BCUT2D eigenvalue weighted by atomic mass is 10.0. The number of benzene rings is 2. The molecule has 9 heteroatoms. The fourth-order valence-electron chi connectivity index (χ4n) is 2.60. The molecular formula is C19H19N2O7-. The second kappa shape index (κ2) is 9.36. The molecule has 0 aliphatic carbocycles. The van der Waals surface area contributed by atoms with E-state index in [0.717, 1.165) is 6.07 Å². The Balaban J connectivity index is 2.31. The molecule has 148 valence electrons. The first kappa shape index (κ1) is 20.7. The Bertz CT molecular complexity index is 882. The van der Waals surface area contributed by atoms with Gasteiger partial charge in [-0.15, -0.1) is 0 Å². The number of carbonyl (C=O) groups excluding carboxylic acids is 2. The van der Waals surface area contributed by atoms with Crippen molar-refractivity contribution in [1.29, 1.82) is 0 Å². The van der Waals surface area contributed by atoms with Gasteiger partial charge in [-0.3, -0.25) is 14.9 Å². The molecule has 1 atom stereocenters. The van der Waals surface area contributed by atoms with E-state index in [1.54, 1.807) is 18.2 Å². The van der Waals surface area contributed by atoms with Gasteiger partial charge in [-0.05, 0) is 30.7 Å². The average molecular weight is 387 g/mol. The van der Waals surface area contributed by atoms with Gasteiger partial charge < -0.3 is 24.7 Å². The Morgan fingerprint density at radius 3 is 2.54 bits per heavy atom. The molecule has 0 bridgehead atoms. The lowest BCUT2D eigenvalue weighted by Gasteiger charge is -2.21. The second-order valence-electron chi connectivity index (χ2n) is 5.75. The van der Waals surface area contributed by atoms with Crippen molar-refractivity contribution in [3.8, 4) is 11.5 Å². The Hall–Kier alpha value is -3.62. The average Bonchev–Trinajstić information content (AvgIpc) is 2.67. The third-order valence-electron chi connectivity index (χ3n) is 3.89. The molecule has 2 aromatic rings. The van der Waals surface area contributed by atoms with Crippen LogP contribution in [0.15, 0.2) is 42.5 Å². The maximum atomic E-state index is 12.5. The number of nitro benzene ring substituents is 1. The van der Waals surface area contributed by atoms with Crippen molar-refractivity contribution >= 4 is 17.6 Å². The van der Waals surface area contributed by atoms with Crippen LogP contribution in [0, 0.1) is 10.1 Å². The van der Waals surface area contributed by atoms with Crippen molar-refractivity contribution in [3.63, 3.8) is 0 Å². The molecule has 2 rings (SSSR count). The molecule has 0 unspecified atom stereocenters. The first-order chi connectivity index (χ1) is 13.3. The third-order valence-corrected chi connectivity index (χ3v) is 3.89. The SMILES string of the molecule is CCOc1ccc([C@@H](CC(=O)[O-])NC(=O)c2cccc([N+](=O)[O-])c2)cc1OC. The normalized spacial score (nSPS) is 11.4. The predicted octanol–water partition coefficient (Wildman–Crippen LogP) is 1.61. The molecule has 0 aliphatic rings. The Morgan fingerprint density at radius 2 is 1.93 bits per heavy atom. The van der Waals surface area contributed by atoms with Crippen LogP contribution in [-0.4, -0.2) is 30.5 Å². The predicted molar refractivity (Wildman–Crippen MR) is 97.1 cm³/mol. The van der Waals surface area contributed by atoms with E-state index in [-0.39, 0.29) is 11.3 Å². The quantitative estimate of drug-likeness (QED) is 0.511. The van der Waals surface area contributed by atoms with E-state index in [1.165, 1.54) is 25.3 Å². The molecule has 0 heterocycles. The topological polar surface area (TPSA) is 131 Å². The zero-order chi connectivity index (χ0) is 20.7. The number of hydrogen-bond acceptors (Lipinski definition) is 7. The van der Waals surface area contributed by atoms with E-state index in [0.29, 0.717) is 23.7 Å². The van der Waals surface area contributed by atoms with Crippen LogP contribution in [0.5, 0.6) is 11.5 Å². The monoisotopic (exact) mass is 387 g/mol. The van der Waals surface area contributed by atoms with Gasteiger partial charge in [0.25, 0.3) is 11.6 Å². The summed E-state index contributed by atoms with van der Waals surface area (Å²) in [5, 5.41) is 24.6. The second-order valence-corrected chi connectivity index (χ2v) is 5.75. The minimum atomic E-state index is -1.36. The number of carbonyl (C=O) groups is 2. The number of non-ortho nitro benzene ring substituents is 1. The lowest BCUT2D eigenvalue weighted by molar-refractivity contribution is -0.384. The minimum absolute atomic E-state index is 0.0375. The molecule has 0 spiro atoms. The fourth-order valence-corrected chi connectivity index (χ4v) is 2.60. The number of nitro groups is 1. The Kier molecular flexibility index (Phi) is 6.91. The number of carboxylic acid groups (broad SMARTS) is 1. The van der Waals surface area contributed by atoms with Crippen molar-refractivity contribution < 1.29 is 29.1 Å². The molecule has 0 saturated carbocycles. The molecule has 1 amide bonds. The van der Waals surface area contributed by atoms with Crippen LogP contribution in [-0.2, 0) is 4.79 Å². The summed E-state index contributed by atoms with van der Waals surface area (Å²) in [6.45, 7) is 2.23. The van der Waals surface area contributed by atoms with Crippen LogP contribution in [0.1, 0.15) is 35.3 Å². The lowest BCUT2D eigenvalue weighted by Crippen LogP contribution is -2.34. The molecule has 0 radical (unpaired) electrons. The Morgan fingerprint density at radius 1 is 1.18 bits per heavy atom. The first-order valence-corrected chi connectivity index (χ1v) is 8.41. The van der Waals surface area contributed by atoms with Gasteiger partial charge in [0.2, 0.25) is 0 Å². The van der Waals surface area contributed by atoms with Gasteiger partial charge in [-0.2, -0.15) is 0 Å². The van der Waals surface area contributed by atoms with Gasteiger partial charge in [0.05, 0.1) is 24.7 Å². The molecule has 0 aliphatic heterocycles. The molecule has 28 heavy (non-hydrogen) atoms. The highest BCUT2D eigenvalue weighted by Crippen LogP contribution is 2.31. The van der Waals surface area contributed by atoms with E-state index in [4.69, 9.17) is 9.47 Å². The van der Waals surface area contributed by atoms with Crippen LogP contribution in [0.25, 0.3) is 0 Å². The maximum Gasteiger partial charge on any atom is 0.270 e. The molecular weight excluding hydrogens is 368 g/mol. The summed E-state index contributed by atoms with van der Waals surface area (Å²) in [4.78, 5) is 33.9. The van der Waals surface area contributed by atoms with Crippen LogP contribution in [0.4, 0.5) is 5.69 Å². The standard InChI is InChI=1S/C19H20N2O7/c1-3-28-16-8-7-12(10-17(16)27-2)15(11-18(22)23)20-19(24)13-5-4-6-14(9-13)21(25)26/h4-10,15H,3,11H2,1-2H3,(H,20,24)(H,22,23)/p-1/t15-/m1/s1.